The molecule has 1 unspecified atom stereocenters. The van der Waals surface area contributed by atoms with Gasteiger partial charge in [-0.15, -0.1) is 0 Å². The predicted octanol–water partition coefficient (Wildman–Crippen LogP) is 1.63. The Balaban J connectivity index is 2.82. The third-order valence-electron chi connectivity index (χ3n) is 1.97. The zero-order chi connectivity index (χ0) is 12.1. The summed E-state index contributed by atoms with van der Waals surface area (Å²) in [5, 5.41) is 0.114. The molecule has 88 valence electrons. The molecule has 0 aliphatic heterocycles. The number of nitrogens with two attached hydrogens (primary N) is 1. The fourth-order valence-corrected chi connectivity index (χ4v) is 1.35. The molecule has 0 aliphatic carbocycles. The SMILES string of the molecule is CCC(Oc1ccc(F)cc1Cl)C(=O)NN. The van der Waals surface area contributed by atoms with Crippen LogP contribution in [-0.2, 0) is 4.79 Å². The van der Waals surface area contributed by atoms with Gasteiger partial charge in [0.1, 0.15) is 11.6 Å². The molecule has 0 radical (unpaired) electrons. The van der Waals surface area contributed by atoms with Crippen LogP contribution < -0.4 is 16.0 Å². The highest BCUT2D eigenvalue weighted by molar-refractivity contribution is 6.32. The summed E-state index contributed by atoms with van der Waals surface area (Å²) in [4.78, 5) is 11.2. The van der Waals surface area contributed by atoms with Crippen molar-refractivity contribution in [2.75, 3.05) is 0 Å². The molecule has 3 N–H and O–H groups in total. The highest BCUT2D eigenvalue weighted by Crippen LogP contribution is 2.26. The van der Waals surface area contributed by atoms with Crippen molar-refractivity contribution in [1.82, 2.24) is 5.43 Å². The quantitative estimate of drug-likeness (QED) is 0.482. The number of hydrogen-bond donors (Lipinski definition) is 2. The maximum absolute atomic E-state index is 12.8. The molecule has 1 rings (SSSR count). The number of carbonyl (C=O) groups is 1. The Kier molecular flexibility index (Phi) is 4.52. The molecule has 1 amide bonds. The van der Waals surface area contributed by atoms with Crippen molar-refractivity contribution in [3.63, 3.8) is 0 Å². The fourth-order valence-electron chi connectivity index (χ4n) is 1.14. The van der Waals surface area contributed by atoms with Crippen molar-refractivity contribution in [1.29, 1.82) is 0 Å². The van der Waals surface area contributed by atoms with Crippen LogP contribution in [0.25, 0.3) is 0 Å². The van der Waals surface area contributed by atoms with Gasteiger partial charge in [-0.3, -0.25) is 10.2 Å². The summed E-state index contributed by atoms with van der Waals surface area (Å²) in [5.74, 6) is 4.32. The highest BCUT2D eigenvalue weighted by atomic mass is 35.5. The van der Waals surface area contributed by atoms with Gasteiger partial charge in [0, 0.05) is 0 Å². The predicted molar refractivity (Wildman–Crippen MR) is 58.4 cm³/mol. The topological polar surface area (TPSA) is 64.3 Å². The number of amides is 1. The van der Waals surface area contributed by atoms with Gasteiger partial charge in [0.05, 0.1) is 5.02 Å². The van der Waals surface area contributed by atoms with E-state index in [0.29, 0.717) is 6.42 Å². The first-order valence-electron chi connectivity index (χ1n) is 4.70. The van der Waals surface area contributed by atoms with Gasteiger partial charge in [0.25, 0.3) is 5.91 Å². The largest absolute Gasteiger partial charge is 0.479 e. The maximum Gasteiger partial charge on any atom is 0.274 e. The summed E-state index contributed by atoms with van der Waals surface area (Å²) < 4.78 is 18.1. The smallest absolute Gasteiger partial charge is 0.274 e. The third kappa shape index (κ3) is 3.08. The lowest BCUT2D eigenvalue weighted by Gasteiger charge is -2.16. The minimum Gasteiger partial charge on any atom is -0.479 e. The lowest BCUT2D eigenvalue weighted by molar-refractivity contribution is -0.128. The monoisotopic (exact) mass is 246 g/mol. The van der Waals surface area contributed by atoms with Gasteiger partial charge in [-0.05, 0) is 24.6 Å². The Labute approximate surface area is 97.5 Å². The molecular formula is C10H12ClFN2O2. The number of halogens is 2. The van der Waals surface area contributed by atoms with Gasteiger partial charge in [0.2, 0.25) is 0 Å². The Morgan fingerprint density at radius 2 is 2.38 bits per heavy atom. The van der Waals surface area contributed by atoms with Crippen LogP contribution >= 0.6 is 11.6 Å². The molecule has 1 aromatic carbocycles. The molecule has 0 saturated heterocycles. The van der Waals surface area contributed by atoms with Gasteiger partial charge in [0.15, 0.2) is 6.10 Å². The van der Waals surface area contributed by atoms with Crippen LogP contribution in [0.1, 0.15) is 13.3 Å². The first-order chi connectivity index (χ1) is 7.58. The van der Waals surface area contributed by atoms with Crippen LogP contribution in [0.5, 0.6) is 5.75 Å². The Morgan fingerprint density at radius 3 is 2.88 bits per heavy atom. The molecule has 0 saturated carbocycles. The highest BCUT2D eigenvalue weighted by Gasteiger charge is 2.18. The average molecular weight is 247 g/mol. The third-order valence-corrected chi connectivity index (χ3v) is 2.26. The minimum absolute atomic E-state index is 0.114. The number of ether oxygens (including phenoxy) is 1. The molecule has 0 heterocycles. The van der Waals surface area contributed by atoms with E-state index in [1.165, 1.54) is 12.1 Å². The van der Waals surface area contributed by atoms with Gasteiger partial charge in [-0.25, -0.2) is 10.2 Å². The average Bonchev–Trinajstić information content (AvgIpc) is 2.27. The van der Waals surface area contributed by atoms with Gasteiger partial charge in [-0.2, -0.15) is 0 Å². The molecule has 4 nitrogen and oxygen atoms in total. The molecule has 1 atom stereocenters. The van der Waals surface area contributed by atoms with Crippen molar-refractivity contribution in [2.45, 2.75) is 19.4 Å². The van der Waals surface area contributed by atoms with Crippen molar-refractivity contribution in [3.8, 4) is 5.75 Å². The molecule has 16 heavy (non-hydrogen) atoms. The van der Waals surface area contributed by atoms with E-state index in [1.54, 1.807) is 6.92 Å². The fraction of sp³-hybridized carbons (Fsp3) is 0.300. The standard InChI is InChI=1S/C10H12ClFN2O2/c1-2-8(10(15)14-13)16-9-4-3-6(12)5-7(9)11/h3-5,8H,2,13H2,1H3,(H,14,15). The van der Waals surface area contributed by atoms with Crippen LogP contribution in [0.3, 0.4) is 0 Å². The number of hydrogen-bond acceptors (Lipinski definition) is 3. The first-order valence-corrected chi connectivity index (χ1v) is 5.08. The molecule has 6 heteroatoms. The maximum atomic E-state index is 12.8. The van der Waals surface area contributed by atoms with E-state index in [0.717, 1.165) is 6.07 Å². The van der Waals surface area contributed by atoms with Gasteiger partial charge >= 0.3 is 0 Å². The first kappa shape index (κ1) is 12.7. The molecule has 0 aromatic heterocycles. The summed E-state index contributed by atoms with van der Waals surface area (Å²) in [6.45, 7) is 1.76. The summed E-state index contributed by atoms with van der Waals surface area (Å²) >= 11 is 5.75. The van der Waals surface area contributed by atoms with Crippen LogP contribution in [0.15, 0.2) is 18.2 Å². The van der Waals surface area contributed by atoms with Crippen LogP contribution in [0.4, 0.5) is 4.39 Å². The number of benzene rings is 1. The second-order valence-corrected chi connectivity index (χ2v) is 3.51. The van der Waals surface area contributed by atoms with E-state index in [9.17, 15) is 9.18 Å². The van der Waals surface area contributed by atoms with Crippen molar-refractivity contribution in [3.05, 3.63) is 29.0 Å². The second kappa shape index (κ2) is 5.67. The molecule has 0 bridgehead atoms. The number of carbonyl (C=O) groups excluding carboxylic acids is 1. The van der Waals surface area contributed by atoms with E-state index in [-0.39, 0.29) is 10.8 Å². The van der Waals surface area contributed by atoms with E-state index >= 15 is 0 Å². The molecule has 1 aromatic rings. The lowest BCUT2D eigenvalue weighted by atomic mass is 10.2. The van der Waals surface area contributed by atoms with Crippen LogP contribution in [0, 0.1) is 5.82 Å². The number of nitrogens with one attached hydrogen (secondary N) is 1. The Hall–Kier alpha value is -1.33. The van der Waals surface area contributed by atoms with Crippen molar-refractivity contribution >= 4 is 17.5 Å². The zero-order valence-electron chi connectivity index (χ0n) is 8.67. The number of hydrazine groups is 1. The summed E-state index contributed by atoms with van der Waals surface area (Å²) in [6.07, 6.45) is -0.315. The van der Waals surface area contributed by atoms with E-state index in [1.807, 2.05) is 5.43 Å². The Bertz CT molecular complexity index is 387. The zero-order valence-corrected chi connectivity index (χ0v) is 9.42. The molecule has 0 spiro atoms. The van der Waals surface area contributed by atoms with E-state index in [4.69, 9.17) is 22.2 Å². The van der Waals surface area contributed by atoms with Crippen LogP contribution in [0.2, 0.25) is 5.02 Å². The molecule has 0 aliphatic rings. The van der Waals surface area contributed by atoms with Gasteiger partial charge in [-0.1, -0.05) is 18.5 Å². The number of rotatable bonds is 4. The lowest BCUT2D eigenvalue weighted by Crippen LogP contribution is -2.41. The molecule has 0 fully saturated rings. The van der Waals surface area contributed by atoms with Gasteiger partial charge < -0.3 is 4.74 Å². The van der Waals surface area contributed by atoms with E-state index in [2.05, 4.69) is 0 Å². The normalized spacial score (nSPS) is 12.0. The Morgan fingerprint density at radius 1 is 1.69 bits per heavy atom. The second-order valence-electron chi connectivity index (χ2n) is 3.10. The summed E-state index contributed by atoms with van der Waals surface area (Å²) in [5.41, 5.74) is 1.99. The van der Waals surface area contributed by atoms with Crippen molar-refractivity contribution in [2.24, 2.45) is 5.84 Å². The van der Waals surface area contributed by atoms with E-state index < -0.39 is 17.8 Å². The van der Waals surface area contributed by atoms with Crippen LogP contribution in [-0.4, -0.2) is 12.0 Å². The van der Waals surface area contributed by atoms with Crippen molar-refractivity contribution < 1.29 is 13.9 Å². The summed E-state index contributed by atoms with van der Waals surface area (Å²) in [6, 6.07) is 3.68. The molecular weight excluding hydrogens is 235 g/mol. The summed E-state index contributed by atoms with van der Waals surface area (Å²) in [7, 11) is 0. The minimum atomic E-state index is -0.743.